The zero-order valence-corrected chi connectivity index (χ0v) is 15.5. The number of hydrogen-bond acceptors (Lipinski definition) is 6. The van der Waals surface area contributed by atoms with Crippen LogP contribution in [0.1, 0.15) is 0 Å². The van der Waals surface area contributed by atoms with E-state index in [1.54, 1.807) is 43.5 Å². The molecule has 4 rings (SSSR count). The fourth-order valence-corrected chi connectivity index (χ4v) is 3.53. The number of rotatable bonds is 4. The second-order valence-electron chi connectivity index (χ2n) is 6.70. The fourth-order valence-electron chi connectivity index (χ4n) is 3.53. The van der Waals surface area contributed by atoms with Crippen LogP contribution >= 0.6 is 0 Å². The molecule has 1 fully saturated rings. The molecule has 0 spiro atoms. The predicted molar refractivity (Wildman–Crippen MR) is 105 cm³/mol. The molecule has 0 saturated carbocycles. The van der Waals surface area contributed by atoms with Gasteiger partial charge in [-0.2, -0.15) is 0 Å². The second kappa shape index (κ2) is 7.26. The number of aromatic hydroxyl groups is 1. The molecule has 0 bridgehead atoms. The van der Waals surface area contributed by atoms with Crippen LogP contribution in [0.3, 0.4) is 0 Å². The lowest BCUT2D eigenvalue weighted by atomic mass is 10.2. The summed E-state index contributed by atoms with van der Waals surface area (Å²) >= 11 is 0. The van der Waals surface area contributed by atoms with E-state index < -0.39 is 0 Å². The van der Waals surface area contributed by atoms with Gasteiger partial charge in [-0.3, -0.25) is 9.59 Å². The summed E-state index contributed by atoms with van der Waals surface area (Å²) in [6.07, 6.45) is 1.42. The van der Waals surface area contributed by atoms with Crippen molar-refractivity contribution in [1.82, 2.24) is 4.90 Å². The third kappa shape index (κ3) is 3.26. The molecule has 7 heteroatoms. The van der Waals surface area contributed by atoms with Crippen molar-refractivity contribution in [3.8, 4) is 11.5 Å². The smallest absolute Gasteiger partial charge is 0.281 e. The Morgan fingerprint density at radius 2 is 1.39 bits per heavy atom. The molecular weight excluding hydrogens is 358 g/mol. The normalized spacial score (nSPS) is 17.2. The van der Waals surface area contributed by atoms with Gasteiger partial charge in [0, 0.05) is 37.9 Å². The van der Waals surface area contributed by atoms with Gasteiger partial charge < -0.3 is 19.6 Å². The van der Waals surface area contributed by atoms with Gasteiger partial charge in [-0.05, 0) is 48.5 Å². The van der Waals surface area contributed by atoms with Crippen molar-refractivity contribution in [2.45, 2.75) is 0 Å². The van der Waals surface area contributed by atoms with Gasteiger partial charge in [-0.15, -0.1) is 0 Å². The summed E-state index contributed by atoms with van der Waals surface area (Å²) < 4.78 is 5.13. The summed E-state index contributed by atoms with van der Waals surface area (Å²) in [5.74, 6) is 0.280. The van der Waals surface area contributed by atoms with Crippen LogP contribution in [-0.2, 0) is 9.59 Å². The number of imide groups is 1. The number of carbonyl (C=O) groups excluding carboxylic acids is 2. The number of phenols is 1. The van der Waals surface area contributed by atoms with Gasteiger partial charge in [0.15, 0.2) is 0 Å². The van der Waals surface area contributed by atoms with Crippen LogP contribution in [0, 0.1) is 0 Å². The molecule has 144 valence electrons. The molecule has 2 aliphatic rings. The topological polar surface area (TPSA) is 73.3 Å². The molecule has 7 nitrogen and oxygen atoms in total. The fraction of sp³-hybridized carbons (Fsp3) is 0.238. The Balaban J connectivity index is 1.44. The molecule has 28 heavy (non-hydrogen) atoms. The maximum Gasteiger partial charge on any atom is 0.281 e. The number of carbonyl (C=O) groups is 2. The minimum absolute atomic E-state index is 0.237. The van der Waals surface area contributed by atoms with E-state index in [0.717, 1.165) is 18.8 Å². The average Bonchev–Trinajstić information content (AvgIpc) is 3.03. The molecule has 2 aromatic rings. The van der Waals surface area contributed by atoms with Gasteiger partial charge in [0.25, 0.3) is 11.8 Å². The molecule has 2 amide bonds. The largest absolute Gasteiger partial charge is 0.508 e. The average molecular weight is 379 g/mol. The van der Waals surface area contributed by atoms with E-state index in [0.29, 0.717) is 30.2 Å². The first-order chi connectivity index (χ1) is 13.6. The van der Waals surface area contributed by atoms with Crippen LogP contribution < -0.4 is 14.5 Å². The van der Waals surface area contributed by atoms with Gasteiger partial charge in [-0.25, -0.2) is 4.90 Å². The molecule has 2 aromatic carbocycles. The number of methoxy groups -OCH3 is 1. The van der Waals surface area contributed by atoms with Gasteiger partial charge in [0.2, 0.25) is 0 Å². The number of ether oxygens (including phenoxy) is 1. The molecular formula is C21H21N3O4. The monoisotopic (exact) mass is 379 g/mol. The molecule has 0 unspecified atom stereocenters. The van der Waals surface area contributed by atoms with Crippen LogP contribution in [0.25, 0.3) is 0 Å². The Morgan fingerprint density at radius 3 is 2.00 bits per heavy atom. The molecule has 2 heterocycles. The summed E-state index contributed by atoms with van der Waals surface area (Å²) in [6, 6.07) is 13.9. The van der Waals surface area contributed by atoms with Crippen LogP contribution in [-0.4, -0.2) is 55.1 Å². The number of hydrogen-bond donors (Lipinski definition) is 1. The first-order valence-corrected chi connectivity index (χ1v) is 9.10. The van der Waals surface area contributed by atoms with E-state index in [9.17, 15) is 14.7 Å². The summed E-state index contributed by atoms with van der Waals surface area (Å²) in [6.45, 7) is 2.74. The minimum atomic E-state index is -0.328. The van der Waals surface area contributed by atoms with E-state index in [-0.39, 0.29) is 17.6 Å². The zero-order chi connectivity index (χ0) is 19.7. The molecule has 1 N–H and O–H groups in total. The molecule has 1 saturated heterocycles. The maximum absolute atomic E-state index is 12.9. The van der Waals surface area contributed by atoms with E-state index in [1.165, 1.54) is 11.0 Å². The summed E-state index contributed by atoms with van der Waals surface area (Å²) in [5.41, 5.74) is 2.00. The van der Waals surface area contributed by atoms with Gasteiger partial charge in [0.1, 0.15) is 17.2 Å². The first-order valence-electron chi connectivity index (χ1n) is 9.10. The van der Waals surface area contributed by atoms with Crippen molar-refractivity contribution in [3.63, 3.8) is 0 Å². The van der Waals surface area contributed by atoms with E-state index in [4.69, 9.17) is 4.74 Å². The lowest BCUT2D eigenvalue weighted by Gasteiger charge is -2.37. The third-order valence-electron chi connectivity index (χ3n) is 5.07. The number of nitrogens with zero attached hydrogens (tertiary/aromatic N) is 3. The van der Waals surface area contributed by atoms with Crippen LogP contribution in [0.5, 0.6) is 11.5 Å². The molecule has 0 aromatic heterocycles. The van der Waals surface area contributed by atoms with Crippen molar-refractivity contribution in [1.29, 1.82) is 0 Å². The zero-order valence-electron chi connectivity index (χ0n) is 15.5. The second-order valence-corrected chi connectivity index (χ2v) is 6.70. The van der Waals surface area contributed by atoms with Crippen molar-refractivity contribution in [3.05, 3.63) is 60.3 Å². The van der Waals surface area contributed by atoms with E-state index >= 15 is 0 Å². The maximum atomic E-state index is 12.9. The Hall–Kier alpha value is -3.48. The Morgan fingerprint density at radius 1 is 0.821 bits per heavy atom. The number of anilines is 2. The standard InChI is InChI=1S/C21H21N3O4/c1-28-18-8-4-16(5-9-18)24-20(26)14-19(21(24)27)23-12-10-22(11-13-23)15-2-6-17(25)7-3-15/h2-9,14,25H,10-13H2,1H3. The quantitative estimate of drug-likeness (QED) is 0.819. The van der Waals surface area contributed by atoms with Crippen molar-refractivity contribution in [2.75, 3.05) is 43.1 Å². The highest BCUT2D eigenvalue weighted by atomic mass is 16.5. The molecule has 0 atom stereocenters. The van der Waals surface area contributed by atoms with Crippen molar-refractivity contribution < 1.29 is 19.4 Å². The van der Waals surface area contributed by atoms with Gasteiger partial charge in [0.05, 0.1) is 12.8 Å². The van der Waals surface area contributed by atoms with E-state index in [1.807, 2.05) is 17.0 Å². The SMILES string of the molecule is COc1ccc(N2C(=O)C=C(N3CCN(c4ccc(O)cc4)CC3)C2=O)cc1. The highest BCUT2D eigenvalue weighted by Crippen LogP contribution is 2.27. The highest BCUT2D eigenvalue weighted by Gasteiger charge is 2.36. The summed E-state index contributed by atoms with van der Waals surface area (Å²) in [4.78, 5) is 30.7. The highest BCUT2D eigenvalue weighted by molar-refractivity contribution is 6.30. The van der Waals surface area contributed by atoms with Crippen molar-refractivity contribution >= 4 is 23.2 Å². The van der Waals surface area contributed by atoms with Crippen LogP contribution in [0.2, 0.25) is 0 Å². The molecule has 0 aliphatic carbocycles. The Kier molecular flexibility index (Phi) is 4.65. The molecule has 0 radical (unpaired) electrons. The number of phenolic OH excluding ortho intramolecular Hbond substituents is 1. The van der Waals surface area contributed by atoms with Crippen molar-refractivity contribution in [2.24, 2.45) is 0 Å². The third-order valence-corrected chi connectivity index (χ3v) is 5.07. The number of benzene rings is 2. The lowest BCUT2D eigenvalue weighted by Crippen LogP contribution is -2.47. The Labute approximate surface area is 163 Å². The number of amides is 2. The lowest BCUT2D eigenvalue weighted by molar-refractivity contribution is -0.121. The van der Waals surface area contributed by atoms with E-state index in [2.05, 4.69) is 4.90 Å². The minimum Gasteiger partial charge on any atom is -0.508 e. The summed E-state index contributed by atoms with van der Waals surface area (Å²) in [5, 5.41) is 9.43. The van der Waals surface area contributed by atoms with Gasteiger partial charge >= 0.3 is 0 Å². The predicted octanol–water partition coefficient (Wildman–Crippen LogP) is 1.98. The number of piperazine rings is 1. The van der Waals surface area contributed by atoms with Gasteiger partial charge in [-0.1, -0.05) is 0 Å². The molecule has 2 aliphatic heterocycles. The Bertz CT molecular complexity index is 914. The van der Waals surface area contributed by atoms with Crippen LogP contribution in [0.15, 0.2) is 60.3 Å². The summed E-state index contributed by atoms with van der Waals surface area (Å²) in [7, 11) is 1.57. The first kappa shape index (κ1) is 17.9. The van der Waals surface area contributed by atoms with Crippen LogP contribution in [0.4, 0.5) is 11.4 Å².